The van der Waals surface area contributed by atoms with Crippen LogP contribution in [0.15, 0.2) is 66.5 Å². The molecule has 2 aromatic rings. The number of hydrogen-bond donors (Lipinski definition) is 1. The van der Waals surface area contributed by atoms with Gasteiger partial charge in [-0.25, -0.2) is 0 Å². The number of Topliss-reactive ketones (excluding diaryl/α,β-unsaturated/α-hetero) is 2. The molecule has 1 N–H and O–H groups in total. The van der Waals surface area contributed by atoms with Gasteiger partial charge >= 0.3 is 0 Å². The molecule has 0 bridgehead atoms. The van der Waals surface area contributed by atoms with Gasteiger partial charge in [-0.2, -0.15) is 0 Å². The van der Waals surface area contributed by atoms with Crippen LogP contribution in [0.4, 0.5) is 0 Å². The number of rotatable bonds is 4. The van der Waals surface area contributed by atoms with Gasteiger partial charge in [0.2, 0.25) is 0 Å². The molecule has 0 unspecified atom stereocenters. The smallest absolute Gasteiger partial charge is 0.168 e. The Labute approximate surface area is 135 Å². The summed E-state index contributed by atoms with van der Waals surface area (Å²) < 4.78 is 0. The van der Waals surface area contributed by atoms with Crippen LogP contribution in [-0.4, -0.2) is 16.6 Å². The van der Waals surface area contributed by atoms with Crippen LogP contribution in [0.5, 0.6) is 0 Å². The SMILES string of the molecule is O=C1CC(c2ccccc2)CC(=O)C1=CNCc1ccccn1. The second-order valence-electron chi connectivity index (χ2n) is 5.62. The molecule has 1 aliphatic carbocycles. The molecule has 3 rings (SSSR count). The zero-order valence-electron chi connectivity index (χ0n) is 12.7. The molecule has 116 valence electrons. The molecular formula is C19H18N2O2. The van der Waals surface area contributed by atoms with Crippen LogP contribution in [0.1, 0.15) is 30.0 Å². The Morgan fingerprint density at radius 3 is 2.35 bits per heavy atom. The van der Waals surface area contributed by atoms with Crippen LogP contribution in [0, 0.1) is 0 Å². The number of aromatic nitrogens is 1. The fourth-order valence-corrected chi connectivity index (χ4v) is 2.78. The number of carbonyl (C=O) groups excluding carboxylic acids is 2. The third kappa shape index (κ3) is 3.72. The van der Waals surface area contributed by atoms with Crippen molar-refractivity contribution in [3.8, 4) is 0 Å². The minimum atomic E-state index is -0.0939. The highest BCUT2D eigenvalue weighted by molar-refractivity contribution is 6.22. The van der Waals surface area contributed by atoms with Crippen molar-refractivity contribution in [3.63, 3.8) is 0 Å². The number of allylic oxidation sites excluding steroid dienone is 1. The van der Waals surface area contributed by atoms with Crippen molar-refractivity contribution in [1.29, 1.82) is 0 Å². The first-order valence-corrected chi connectivity index (χ1v) is 7.69. The lowest BCUT2D eigenvalue weighted by molar-refractivity contribution is -0.124. The highest BCUT2D eigenvalue weighted by atomic mass is 16.1. The average molecular weight is 306 g/mol. The Hall–Kier alpha value is -2.75. The highest BCUT2D eigenvalue weighted by Crippen LogP contribution is 2.31. The van der Waals surface area contributed by atoms with Gasteiger partial charge in [-0.1, -0.05) is 36.4 Å². The standard InChI is InChI=1S/C19H18N2O2/c22-18-10-15(14-6-2-1-3-7-14)11-19(23)17(18)13-20-12-16-8-4-5-9-21-16/h1-9,13,15,20H,10-12H2. The molecule has 0 spiro atoms. The first-order chi connectivity index (χ1) is 11.2. The fourth-order valence-electron chi connectivity index (χ4n) is 2.78. The molecule has 4 nitrogen and oxygen atoms in total. The fraction of sp³-hybridized carbons (Fsp3) is 0.211. The van der Waals surface area contributed by atoms with Gasteiger partial charge < -0.3 is 5.32 Å². The molecule has 0 saturated heterocycles. The van der Waals surface area contributed by atoms with Crippen LogP contribution in [0.2, 0.25) is 0 Å². The van der Waals surface area contributed by atoms with E-state index in [-0.39, 0.29) is 23.1 Å². The molecule has 0 aliphatic heterocycles. The van der Waals surface area contributed by atoms with Crippen LogP contribution < -0.4 is 5.32 Å². The Bertz CT molecular complexity index is 704. The Morgan fingerprint density at radius 2 is 1.70 bits per heavy atom. The van der Waals surface area contributed by atoms with Crippen LogP contribution in [-0.2, 0) is 16.1 Å². The molecule has 0 amide bonds. The lowest BCUT2D eigenvalue weighted by Crippen LogP contribution is -2.26. The number of nitrogens with one attached hydrogen (secondary N) is 1. The number of hydrogen-bond acceptors (Lipinski definition) is 4. The maximum Gasteiger partial charge on any atom is 0.168 e. The first-order valence-electron chi connectivity index (χ1n) is 7.69. The summed E-state index contributed by atoms with van der Waals surface area (Å²) in [5.41, 5.74) is 2.19. The summed E-state index contributed by atoms with van der Waals surface area (Å²) in [6, 6.07) is 15.4. The lowest BCUT2D eigenvalue weighted by atomic mass is 9.80. The average Bonchev–Trinajstić information content (AvgIpc) is 2.59. The van der Waals surface area contributed by atoms with E-state index in [1.54, 1.807) is 12.4 Å². The van der Waals surface area contributed by atoms with E-state index in [9.17, 15) is 9.59 Å². The van der Waals surface area contributed by atoms with E-state index < -0.39 is 0 Å². The molecule has 1 fully saturated rings. The Morgan fingerprint density at radius 1 is 1.00 bits per heavy atom. The van der Waals surface area contributed by atoms with Crippen molar-refractivity contribution in [2.75, 3.05) is 0 Å². The van der Waals surface area contributed by atoms with Gasteiger partial charge in [0.15, 0.2) is 11.6 Å². The summed E-state index contributed by atoms with van der Waals surface area (Å²) in [7, 11) is 0. The number of benzene rings is 1. The summed E-state index contributed by atoms with van der Waals surface area (Å²) in [6.07, 6.45) is 4.02. The van der Waals surface area contributed by atoms with Gasteiger partial charge in [0, 0.05) is 25.2 Å². The zero-order valence-corrected chi connectivity index (χ0v) is 12.7. The van der Waals surface area contributed by atoms with E-state index in [1.165, 1.54) is 0 Å². The molecule has 1 saturated carbocycles. The van der Waals surface area contributed by atoms with Crippen LogP contribution >= 0.6 is 0 Å². The molecule has 1 aromatic carbocycles. The van der Waals surface area contributed by atoms with Crippen LogP contribution in [0.25, 0.3) is 0 Å². The first kappa shape index (κ1) is 15.2. The maximum absolute atomic E-state index is 12.3. The Balaban J connectivity index is 1.65. The molecule has 1 aliphatic rings. The molecule has 23 heavy (non-hydrogen) atoms. The van der Waals surface area contributed by atoms with E-state index in [2.05, 4.69) is 10.3 Å². The number of nitrogens with zero attached hydrogens (tertiary/aromatic N) is 1. The van der Waals surface area contributed by atoms with Crippen LogP contribution in [0.3, 0.4) is 0 Å². The van der Waals surface area contributed by atoms with Crippen molar-refractivity contribution in [1.82, 2.24) is 10.3 Å². The van der Waals surface area contributed by atoms with Gasteiger partial charge in [-0.3, -0.25) is 14.6 Å². The quantitative estimate of drug-likeness (QED) is 0.697. The second-order valence-corrected chi connectivity index (χ2v) is 5.62. The predicted molar refractivity (Wildman–Crippen MR) is 87.6 cm³/mol. The molecule has 4 heteroatoms. The largest absolute Gasteiger partial charge is 0.385 e. The maximum atomic E-state index is 12.3. The number of pyridine rings is 1. The summed E-state index contributed by atoms with van der Waals surface area (Å²) in [5, 5.41) is 3.02. The van der Waals surface area contributed by atoms with E-state index in [0.717, 1.165) is 11.3 Å². The van der Waals surface area contributed by atoms with Gasteiger partial charge in [0.1, 0.15) is 0 Å². The van der Waals surface area contributed by atoms with Crippen molar-refractivity contribution in [3.05, 3.63) is 77.8 Å². The second kappa shape index (κ2) is 7.01. The number of carbonyl (C=O) groups is 2. The Kier molecular flexibility index (Phi) is 4.62. The van der Waals surface area contributed by atoms with Gasteiger partial charge in [0.25, 0.3) is 0 Å². The zero-order chi connectivity index (χ0) is 16.1. The van der Waals surface area contributed by atoms with Gasteiger partial charge in [-0.05, 0) is 23.6 Å². The topological polar surface area (TPSA) is 59.1 Å². The third-order valence-electron chi connectivity index (χ3n) is 3.99. The molecule has 1 aromatic heterocycles. The lowest BCUT2D eigenvalue weighted by Gasteiger charge is -2.22. The molecule has 0 radical (unpaired) electrons. The number of ketones is 2. The summed E-state index contributed by atoms with van der Waals surface area (Å²) in [4.78, 5) is 28.8. The monoisotopic (exact) mass is 306 g/mol. The summed E-state index contributed by atoms with van der Waals surface area (Å²) >= 11 is 0. The van der Waals surface area contributed by atoms with Crippen molar-refractivity contribution in [2.45, 2.75) is 25.3 Å². The minimum absolute atomic E-state index is 0.0101. The van der Waals surface area contributed by atoms with E-state index in [1.807, 2.05) is 48.5 Å². The molecular weight excluding hydrogens is 288 g/mol. The third-order valence-corrected chi connectivity index (χ3v) is 3.99. The van der Waals surface area contributed by atoms with E-state index in [0.29, 0.717) is 19.4 Å². The minimum Gasteiger partial charge on any atom is -0.385 e. The normalized spacial score (nSPS) is 17.9. The van der Waals surface area contributed by atoms with E-state index >= 15 is 0 Å². The van der Waals surface area contributed by atoms with E-state index in [4.69, 9.17) is 0 Å². The van der Waals surface area contributed by atoms with Gasteiger partial charge in [-0.15, -0.1) is 0 Å². The summed E-state index contributed by atoms with van der Waals surface area (Å²) in [5.74, 6) is -0.198. The van der Waals surface area contributed by atoms with Crippen molar-refractivity contribution >= 4 is 11.6 Å². The predicted octanol–water partition coefficient (Wildman–Crippen LogP) is 2.77. The molecule has 0 atom stereocenters. The van der Waals surface area contributed by atoms with Gasteiger partial charge in [0.05, 0.1) is 17.8 Å². The highest BCUT2D eigenvalue weighted by Gasteiger charge is 2.31. The molecule has 1 heterocycles. The van der Waals surface area contributed by atoms with Crippen molar-refractivity contribution in [2.24, 2.45) is 0 Å². The summed E-state index contributed by atoms with van der Waals surface area (Å²) in [6.45, 7) is 0.493. The van der Waals surface area contributed by atoms with Crippen molar-refractivity contribution < 1.29 is 9.59 Å².